The Labute approximate surface area is 119 Å². The zero-order valence-corrected chi connectivity index (χ0v) is 11.7. The number of halogens is 1. The number of hydrogen-bond donors (Lipinski definition) is 1. The van der Waals surface area contributed by atoms with Crippen LogP contribution in [0.3, 0.4) is 0 Å². The number of anilines is 1. The number of carbonyl (C=O) groups is 1. The molecule has 0 atom stereocenters. The van der Waals surface area contributed by atoms with Crippen molar-refractivity contribution in [1.82, 2.24) is 9.88 Å². The highest BCUT2D eigenvalue weighted by Crippen LogP contribution is 2.27. The van der Waals surface area contributed by atoms with Gasteiger partial charge in [-0.2, -0.15) is 0 Å². The maximum absolute atomic E-state index is 12.4. The molecule has 98 valence electrons. The Morgan fingerprint density at radius 2 is 2.11 bits per heavy atom. The van der Waals surface area contributed by atoms with Crippen LogP contribution in [0.2, 0.25) is 5.02 Å². The predicted octanol–water partition coefficient (Wildman–Crippen LogP) is 2.58. The molecule has 2 aromatic rings. The third-order valence-electron chi connectivity index (χ3n) is 3.13. The van der Waals surface area contributed by atoms with E-state index in [0.29, 0.717) is 28.8 Å². The molecular formula is C13H12ClN3OS. The zero-order chi connectivity index (χ0) is 13.4. The first-order valence-electron chi connectivity index (χ1n) is 5.92. The van der Waals surface area contributed by atoms with Crippen LogP contribution in [0.1, 0.15) is 20.9 Å². The maximum Gasteiger partial charge on any atom is 0.254 e. The van der Waals surface area contributed by atoms with E-state index in [0.717, 1.165) is 17.0 Å². The molecule has 0 radical (unpaired) electrons. The summed E-state index contributed by atoms with van der Waals surface area (Å²) in [5.41, 5.74) is 7.38. The van der Waals surface area contributed by atoms with Crippen LogP contribution in [-0.2, 0) is 13.0 Å². The molecule has 0 fully saturated rings. The first-order valence-corrected chi connectivity index (χ1v) is 7.12. The quantitative estimate of drug-likeness (QED) is 0.879. The topological polar surface area (TPSA) is 59.2 Å². The Balaban J connectivity index is 1.81. The van der Waals surface area contributed by atoms with Crippen LogP contribution in [0.15, 0.2) is 24.3 Å². The molecule has 1 aliphatic rings. The molecule has 0 aliphatic carbocycles. The summed E-state index contributed by atoms with van der Waals surface area (Å²) in [6, 6.07) is 6.96. The van der Waals surface area contributed by atoms with Gasteiger partial charge in [-0.25, -0.2) is 4.98 Å². The molecule has 2 N–H and O–H groups in total. The smallest absolute Gasteiger partial charge is 0.254 e. The molecule has 1 aliphatic heterocycles. The Morgan fingerprint density at radius 1 is 1.37 bits per heavy atom. The lowest BCUT2D eigenvalue weighted by atomic mass is 10.1. The first kappa shape index (κ1) is 12.4. The summed E-state index contributed by atoms with van der Waals surface area (Å²) in [6.45, 7) is 1.27. The minimum absolute atomic E-state index is 0.0225. The maximum atomic E-state index is 12.4. The SMILES string of the molecule is Nc1nc2c(s1)CN(C(=O)c1ccc(Cl)cc1)CC2. The van der Waals surface area contributed by atoms with Crippen molar-refractivity contribution in [1.29, 1.82) is 0 Å². The molecule has 0 unspecified atom stereocenters. The molecule has 1 amide bonds. The van der Waals surface area contributed by atoms with E-state index in [2.05, 4.69) is 4.98 Å². The average molecular weight is 294 g/mol. The Hall–Kier alpha value is -1.59. The summed E-state index contributed by atoms with van der Waals surface area (Å²) < 4.78 is 0. The molecule has 4 nitrogen and oxygen atoms in total. The van der Waals surface area contributed by atoms with Crippen molar-refractivity contribution in [3.63, 3.8) is 0 Å². The molecular weight excluding hydrogens is 282 g/mol. The van der Waals surface area contributed by atoms with E-state index in [1.165, 1.54) is 11.3 Å². The van der Waals surface area contributed by atoms with Gasteiger partial charge in [0.15, 0.2) is 5.13 Å². The standard InChI is InChI=1S/C13H12ClN3OS/c14-9-3-1-8(2-4-9)12(18)17-6-5-10-11(7-17)19-13(15)16-10/h1-4H,5-7H2,(H2,15,16). The molecule has 3 rings (SSSR count). The van der Waals surface area contributed by atoms with Crippen molar-refractivity contribution in [2.45, 2.75) is 13.0 Å². The van der Waals surface area contributed by atoms with Crippen molar-refractivity contribution in [2.24, 2.45) is 0 Å². The number of nitrogens with zero attached hydrogens (tertiary/aromatic N) is 2. The highest BCUT2D eigenvalue weighted by molar-refractivity contribution is 7.15. The number of nitrogen functional groups attached to an aromatic ring is 1. The number of carbonyl (C=O) groups excluding carboxylic acids is 1. The number of benzene rings is 1. The van der Waals surface area contributed by atoms with Gasteiger partial charge in [0.25, 0.3) is 5.91 Å². The molecule has 0 bridgehead atoms. The van der Waals surface area contributed by atoms with E-state index in [1.807, 2.05) is 4.90 Å². The van der Waals surface area contributed by atoms with E-state index >= 15 is 0 Å². The van der Waals surface area contributed by atoms with Gasteiger partial charge in [-0.3, -0.25) is 4.79 Å². The van der Waals surface area contributed by atoms with E-state index in [-0.39, 0.29) is 5.91 Å². The molecule has 0 saturated carbocycles. The molecule has 6 heteroatoms. The molecule has 1 aromatic heterocycles. The fourth-order valence-corrected chi connectivity index (χ4v) is 3.18. The molecule has 19 heavy (non-hydrogen) atoms. The van der Waals surface area contributed by atoms with Crippen LogP contribution in [0.25, 0.3) is 0 Å². The third-order valence-corrected chi connectivity index (χ3v) is 4.29. The second kappa shape index (κ2) is 4.83. The van der Waals surface area contributed by atoms with Crippen LogP contribution in [0.4, 0.5) is 5.13 Å². The van der Waals surface area contributed by atoms with Crippen LogP contribution < -0.4 is 5.73 Å². The number of hydrogen-bond acceptors (Lipinski definition) is 4. The normalized spacial score (nSPS) is 14.3. The van der Waals surface area contributed by atoms with Crippen LogP contribution in [0.5, 0.6) is 0 Å². The highest BCUT2D eigenvalue weighted by Gasteiger charge is 2.24. The van der Waals surface area contributed by atoms with Gasteiger partial charge < -0.3 is 10.6 Å². The zero-order valence-electron chi connectivity index (χ0n) is 10.1. The summed E-state index contributed by atoms with van der Waals surface area (Å²) in [5.74, 6) is 0.0225. The Morgan fingerprint density at radius 3 is 2.84 bits per heavy atom. The third kappa shape index (κ3) is 2.43. The van der Waals surface area contributed by atoms with Crippen molar-refractivity contribution in [2.75, 3.05) is 12.3 Å². The van der Waals surface area contributed by atoms with Crippen molar-refractivity contribution in [3.8, 4) is 0 Å². The lowest BCUT2D eigenvalue weighted by molar-refractivity contribution is 0.0736. The summed E-state index contributed by atoms with van der Waals surface area (Å²) >= 11 is 7.29. The summed E-state index contributed by atoms with van der Waals surface area (Å²) in [6.07, 6.45) is 0.766. The monoisotopic (exact) mass is 293 g/mol. The summed E-state index contributed by atoms with van der Waals surface area (Å²) in [4.78, 5) is 19.5. The van der Waals surface area contributed by atoms with Crippen LogP contribution in [-0.4, -0.2) is 22.3 Å². The molecule has 1 aromatic carbocycles. The molecule has 0 saturated heterocycles. The number of nitrogens with two attached hydrogens (primary N) is 1. The van der Waals surface area contributed by atoms with Gasteiger partial charge in [0.05, 0.1) is 12.2 Å². The van der Waals surface area contributed by atoms with E-state index in [1.54, 1.807) is 24.3 Å². The van der Waals surface area contributed by atoms with Gasteiger partial charge in [0, 0.05) is 28.4 Å². The van der Waals surface area contributed by atoms with Gasteiger partial charge >= 0.3 is 0 Å². The second-order valence-electron chi connectivity index (χ2n) is 4.41. The van der Waals surface area contributed by atoms with Crippen molar-refractivity contribution >= 4 is 34.0 Å². The van der Waals surface area contributed by atoms with E-state index in [4.69, 9.17) is 17.3 Å². The van der Waals surface area contributed by atoms with Gasteiger partial charge in [-0.1, -0.05) is 11.6 Å². The van der Waals surface area contributed by atoms with Crippen molar-refractivity contribution in [3.05, 3.63) is 45.4 Å². The second-order valence-corrected chi connectivity index (χ2v) is 5.96. The number of aromatic nitrogens is 1. The van der Waals surface area contributed by atoms with E-state index < -0.39 is 0 Å². The molecule has 0 spiro atoms. The summed E-state index contributed by atoms with van der Waals surface area (Å²) in [7, 11) is 0. The predicted molar refractivity (Wildman–Crippen MR) is 76.4 cm³/mol. The lowest BCUT2D eigenvalue weighted by Gasteiger charge is -2.26. The van der Waals surface area contributed by atoms with Crippen molar-refractivity contribution < 1.29 is 4.79 Å². The Bertz CT molecular complexity index is 623. The van der Waals surface area contributed by atoms with Crippen LogP contribution >= 0.6 is 22.9 Å². The first-order chi connectivity index (χ1) is 9.13. The highest BCUT2D eigenvalue weighted by atomic mass is 35.5. The number of rotatable bonds is 1. The largest absolute Gasteiger partial charge is 0.375 e. The number of amides is 1. The lowest BCUT2D eigenvalue weighted by Crippen LogP contribution is -2.35. The van der Waals surface area contributed by atoms with Gasteiger partial charge in [-0.05, 0) is 24.3 Å². The minimum Gasteiger partial charge on any atom is -0.375 e. The van der Waals surface area contributed by atoms with E-state index in [9.17, 15) is 4.79 Å². The molecule has 2 heterocycles. The minimum atomic E-state index is 0.0225. The van der Waals surface area contributed by atoms with Gasteiger partial charge in [0.1, 0.15) is 0 Å². The summed E-state index contributed by atoms with van der Waals surface area (Å²) in [5, 5.41) is 1.21. The average Bonchev–Trinajstić information content (AvgIpc) is 2.77. The fourth-order valence-electron chi connectivity index (χ4n) is 2.16. The van der Waals surface area contributed by atoms with Gasteiger partial charge in [-0.15, -0.1) is 11.3 Å². The number of thiazole rings is 1. The Kier molecular flexibility index (Phi) is 3.16. The van der Waals surface area contributed by atoms with Gasteiger partial charge in [0.2, 0.25) is 0 Å². The fraction of sp³-hybridized carbons (Fsp3) is 0.231. The van der Waals surface area contributed by atoms with Crippen LogP contribution in [0, 0.1) is 0 Å². The number of fused-ring (bicyclic) bond motifs is 1.